The minimum Gasteiger partial charge on any atom is -0.356 e. The Labute approximate surface area is 164 Å². The first-order valence-electron chi connectivity index (χ1n) is 9.72. The lowest BCUT2D eigenvalue weighted by Crippen LogP contribution is -2.30. The Bertz CT molecular complexity index is 999. The molecule has 3 aromatic rings. The maximum Gasteiger partial charge on any atom is 0.225 e. The van der Waals surface area contributed by atoms with Crippen molar-refractivity contribution >= 4 is 11.8 Å². The second-order valence-corrected chi connectivity index (χ2v) is 7.90. The summed E-state index contributed by atoms with van der Waals surface area (Å²) in [6.45, 7) is 10.1. The summed E-state index contributed by atoms with van der Waals surface area (Å²) >= 11 is 0. The molecule has 2 fully saturated rings. The van der Waals surface area contributed by atoms with E-state index in [9.17, 15) is 0 Å². The van der Waals surface area contributed by atoms with Gasteiger partial charge in [0, 0.05) is 61.7 Å². The summed E-state index contributed by atoms with van der Waals surface area (Å²) in [6, 6.07) is 6.05. The van der Waals surface area contributed by atoms with Crippen LogP contribution in [0.5, 0.6) is 0 Å². The number of anilines is 2. The highest BCUT2D eigenvalue weighted by molar-refractivity contribution is 5.46. The van der Waals surface area contributed by atoms with E-state index in [-0.39, 0.29) is 0 Å². The maximum atomic E-state index is 4.59. The van der Waals surface area contributed by atoms with E-state index in [1.54, 1.807) is 6.33 Å². The van der Waals surface area contributed by atoms with Gasteiger partial charge in [-0.2, -0.15) is 5.10 Å². The van der Waals surface area contributed by atoms with Crippen LogP contribution < -0.4 is 9.80 Å². The van der Waals surface area contributed by atoms with Crippen molar-refractivity contribution in [1.29, 1.82) is 0 Å². The Balaban J connectivity index is 1.32. The van der Waals surface area contributed by atoms with Crippen molar-refractivity contribution in [3.8, 4) is 5.82 Å². The van der Waals surface area contributed by atoms with E-state index >= 15 is 0 Å². The van der Waals surface area contributed by atoms with E-state index < -0.39 is 0 Å². The molecule has 2 atom stereocenters. The SMILES string of the molecule is Cc1ccnc(N2CC3CN(c4cc(-n5nc(C)cc5C)ncn4)CC3C2)n1. The van der Waals surface area contributed by atoms with Crippen LogP contribution in [0, 0.1) is 32.6 Å². The fourth-order valence-corrected chi connectivity index (χ4v) is 4.42. The largest absolute Gasteiger partial charge is 0.356 e. The Morgan fingerprint density at radius 1 is 0.821 bits per heavy atom. The topological polar surface area (TPSA) is 75.9 Å². The Kier molecular flexibility index (Phi) is 3.99. The number of aromatic nitrogens is 6. The van der Waals surface area contributed by atoms with Crippen LogP contribution in [0.4, 0.5) is 11.8 Å². The van der Waals surface area contributed by atoms with Crippen LogP contribution in [-0.4, -0.2) is 55.9 Å². The lowest BCUT2D eigenvalue weighted by Gasteiger charge is -2.22. The van der Waals surface area contributed by atoms with E-state index in [1.165, 1.54) is 0 Å². The highest BCUT2D eigenvalue weighted by Gasteiger charge is 2.41. The van der Waals surface area contributed by atoms with Gasteiger partial charge in [-0.1, -0.05) is 0 Å². The summed E-state index contributed by atoms with van der Waals surface area (Å²) in [5, 5.41) is 4.54. The molecule has 5 heterocycles. The third kappa shape index (κ3) is 2.98. The predicted molar refractivity (Wildman–Crippen MR) is 107 cm³/mol. The molecule has 0 amide bonds. The van der Waals surface area contributed by atoms with Crippen LogP contribution in [0.15, 0.2) is 30.7 Å². The van der Waals surface area contributed by atoms with Gasteiger partial charge in [0.05, 0.1) is 5.69 Å². The Morgan fingerprint density at radius 2 is 1.54 bits per heavy atom. The summed E-state index contributed by atoms with van der Waals surface area (Å²) in [5.41, 5.74) is 3.09. The normalized spacial score (nSPS) is 21.4. The van der Waals surface area contributed by atoms with Crippen LogP contribution in [-0.2, 0) is 0 Å². The zero-order valence-corrected chi connectivity index (χ0v) is 16.4. The number of nitrogens with zero attached hydrogens (tertiary/aromatic N) is 8. The van der Waals surface area contributed by atoms with Crippen molar-refractivity contribution in [3.05, 3.63) is 47.8 Å². The molecule has 0 radical (unpaired) electrons. The molecule has 2 aliphatic heterocycles. The van der Waals surface area contributed by atoms with Gasteiger partial charge in [0.25, 0.3) is 0 Å². The molecule has 8 heteroatoms. The molecule has 2 aliphatic rings. The standard InChI is InChI=1S/C20H24N8/c1-13-4-5-21-20(24-13)27-10-16-8-26(9-17(16)11-27)18-7-19(23-12-22-18)28-15(3)6-14(2)25-28/h4-7,12,16-17H,8-11H2,1-3H3. The second-order valence-electron chi connectivity index (χ2n) is 7.90. The highest BCUT2D eigenvalue weighted by atomic mass is 15.3. The summed E-state index contributed by atoms with van der Waals surface area (Å²) in [5.74, 6) is 3.87. The van der Waals surface area contributed by atoms with Gasteiger partial charge < -0.3 is 9.80 Å². The summed E-state index contributed by atoms with van der Waals surface area (Å²) in [4.78, 5) is 22.7. The van der Waals surface area contributed by atoms with Crippen LogP contribution in [0.2, 0.25) is 0 Å². The van der Waals surface area contributed by atoms with Gasteiger partial charge >= 0.3 is 0 Å². The summed E-state index contributed by atoms with van der Waals surface area (Å²) in [6.07, 6.45) is 3.49. The Morgan fingerprint density at radius 3 is 2.21 bits per heavy atom. The molecule has 0 N–H and O–H groups in total. The summed E-state index contributed by atoms with van der Waals surface area (Å²) in [7, 11) is 0. The molecule has 2 saturated heterocycles. The fourth-order valence-electron chi connectivity index (χ4n) is 4.42. The molecular weight excluding hydrogens is 352 g/mol. The van der Waals surface area contributed by atoms with Crippen LogP contribution in [0.25, 0.3) is 5.82 Å². The smallest absolute Gasteiger partial charge is 0.225 e. The third-order valence-corrected chi connectivity index (χ3v) is 5.74. The molecule has 0 bridgehead atoms. The average molecular weight is 376 g/mol. The molecule has 3 aromatic heterocycles. The van der Waals surface area contributed by atoms with Crippen molar-refractivity contribution in [1.82, 2.24) is 29.7 Å². The number of hydrogen-bond donors (Lipinski definition) is 0. The molecule has 0 spiro atoms. The maximum absolute atomic E-state index is 4.59. The minimum absolute atomic E-state index is 0.608. The quantitative estimate of drug-likeness (QED) is 0.691. The third-order valence-electron chi connectivity index (χ3n) is 5.74. The number of fused-ring (bicyclic) bond motifs is 1. The van der Waals surface area contributed by atoms with Crippen molar-refractivity contribution in [2.75, 3.05) is 36.0 Å². The molecule has 0 aromatic carbocycles. The fraction of sp³-hybridized carbons (Fsp3) is 0.450. The van der Waals surface area contributed by atoms with E-state index in [0.29, 0.717) is 11.8 Å². The molecule has 28 heavy (non-hydrogen) atoms. The molecule has 2 unspecified atom stereocenters. The van der Waals surface area contributed by atoms with Crippen LogP contribution in [0.1, 0.15) is 17.1 Å². The van der Waals surface area contributed by atoms with Crippen molar-refractivity contribution in [2.45, 2.75) is 20.8 Å². The number of aryl methyl sites for hydroxylation is 3. The first kappa shape index (κ1) is 17.1. The van der Waals surface area contributed by atoms with Gasteiger partial charge in [0.2, 0.25) is 5.95 Å². The highest BCUT2D eigenvalue weighted by Crippen LogP contribution is 2.34. The molecule has 0 aliphatic carbocycles. The van der Waals surface area contributed by atoms with E-state index in [2.05, 4.69) is 40.9 Å². The number of hydrogen-bond acceptors (Lipinski definition) is 7. The first-order chi connectivity index (χ1) is 13.6. The molecule has 5 rings (SSSR count). The molecule has 144 valence electrons. The van der Waals surface area contributed by atoms with E-state index in [0.717, 1.165) is 60.8 Å². The van der Waals surface area contributed by atoms with Gasteiger partial charge in [0.15, 0.2) is 5.82 Å². The minimum atomic E-state index is 0.608. The monoisotopic (exact) mass is 376 g/mol. The van der Waals surface area contributed by atoms with Gasteiger partial charge in [-0.15, -0.1) is 0 Å². The van der Waals surface area contributed by atoms with Gasteiger partial charge in [-0.05, 0) is 32.9 Å². The summed E-state index contributed by atoms with van der Waals surface area (Å²) < 4.78 is 1.88. The average Bonchev–Trinajstić information content (AvgIpc) is 3.34. The zero-order valence-electron chi connectivity index (χ0n) is 16.4. The molecule has 8 nitrogen and oxygen atoms in total. The van der Waals surface area contributed by atoms with E-state index in [1.807, 2.05) is 43.8 Å². The number of rotatable bonds is 3. The van der Waals surface area contributed by atoms with Crippen molar-refractivity contribution < 1.29 is 0 Å². The zero-order chi connectivity index (χ0) is 19.3. The second kappa shape index (κ2) is 6.54. The van der Waals surface area contributed by atoms with Gasteiger partial charge in [-0.3, -0.25) is 0 Å². The predicted octanol–water partition coefficient (Wildman–Crippen LogP) is 1.95. The van der Waals surface area contributed by atoms with Crippen LogP contribution in [0.3, 0.4) is 0 Å². The Hall–Kier alpha value is -3.03. The molecular formula is C20H24N8. The van der Waals surface area contributed by atoms with Crippen molar-refractivity contribution in [2.24, 2.45) is 11.8 Å². The van der Waals surface area contributed by atoms with Crippen molar-refractivity contribution in [3.63, 3.8) is 0 Å². The lowest BCUT2D eigenvalue weighted by molar-refractivity contribution is 0.533. The first-order valence-corrected chi connectivity index (χ1v) is 9.72. The molecule has 0 saturated carbocycles. The van der Waals surface area contributed by atoms with Gasteiger partial charge in [0.1, 0.15) is 12.1 Å². The van der Waals surface area contributed by atoms with Crippen LogP contribution >= 0.6 is 0 Å². The lowest BCUT2D eigenvalue weighted by atomic mass is 10.0. The van der Waals surface area contributed by atoms with E-state index in [4.69, 9.17) is 0 Å². The van der Waals surface area contributed by atoms with Gasteiger partial charge in [-0.25, -0.2) is 24.6 Å².